The molecular formula is C37H47F3N4O7S. The summed E-state index contributed by atoms with van der Waals surface area (Å²) >= 11 is 0. The molecule has 1 aliphatic heterocycles. The molecule has 11 nitrogen and oxygen atoms in total. The number of aliphatic hydroxyl groups is 1. The largest absolute Gasteiger partial charge is 0.490 e. The van der Waals surface area contributed by atoms with Crippen LogP contribution in [-0.2, 0) is 20.9 Å². The summed E-state index contributed by atoms with van der Waals surface area (Å²) in [5.74, 6) is -0.628. The highest BCUT2D eigenvalue weighted by Gasteiger charge is 2.33. The summed E-state index contributed by atoms with van der Waals surface area (Å²) in [7, 11) is -2.35. The molecule has 3 N–H and O–H groups in total. The maximum absolute atomic E-state index is 14.4. The number of ether oxygens (including phenoxy) is 2. The number of amides is 3. The molecule has 0 saturated heterocycles. The highest BCUT2D eigenvalue weighted by molar-refractivity contribution is 7.89. The van der Waals surface area contributed by atoms with Crippen molar-refractivity contribution in [2.45, 2.75) is 76.3 Å². The lowest BCUT2D eigenvalue weighted by Gasteiger charge is -2.35. The summed E-state index contributed by atoms with van der Waals surface area (Å²) < 4.78 is 79.6. The van der Waals surface area contributed by atoms with Gasteiger partial charge < -0.3 is 30.1 Å². The molecule has 3 aromatic carbocycles. The van der Waals surface area contributed by atoms with Crippen LogP contribution >= 0.6 is 0 Å². The van der Waals surface area contributed by atoms with Crippen molar-refractivity contribution in [3.63, 3.8) is 0 Å². The fourth-order valence-electron chi connectivity index (χ4n) is 5.74. The molecule has 0 aromatic heterocycles. The number of urea groups is 1. The van der Waals surface area contributed by atoms with Crippen molar-refractivity contribution >= 4 is 33.3 Å². The van der Waals surface area contributed by atoms with Gasteiger partial charge in [-0.25, -0.2) is 13.2 Å². The minimum Gasteiger partial charge on any atom is -0.490 e. The summed E-state index contributed by atoms with van der Waals surface area (Å²) in [6.45, 7) is 7.38. The third kappa shape index (κ3) is 10.7. The van der Waals surface area contributed by atoms with Crippen LogP contribution in [0.15, 0.2) is 71.6 Å². The van der Waals surface area contributed by atoms with E-state index in [0.29, 0.717) is 19.4 Å². The third-order valence-electron chi connectivity index (χ3n) is 8.95. The van der Waals surface area contributed by atoms with E-state index in [9.17, 15) is 36.3 Å². The number of likely N-dealkylation sites (N-methyl/N-ethyl adjacent to an activating group) is 1. The van der Waals surface area contributed by atoms with E-state index in [1.54, 1.807) is 43.3 Å². The second kappa shape index (κ2) is 17.6. The van der Waals surface area contributed by atoms with Gasteiger partial charge in [0.15, 0.2) is 0 Å². The Bertz CT molecular complexity index is 1770. The minimum absolute atomic E-state index is 0.0190. The number of carbonyl (C=O) groups excluding carboxylic acids is 2. The molecule has 0 bridgehead atoms. The second-order valence-electron chi connectivity index (χ2n) is 13.3. The number of alkyl halides is 3. The summed E-state index contributed by atoms with van der Waals surface area (Å²) in [6, 6.07) is 13.7. The molecule has 0 radical (unpaired) electrons. The molecule has 1 heterocycles. The number of aryl methyl sites for hydroxylation is 1. The Kier molecular flexibility index (Phi) is 13.7. The lowest BCUT2D eigenvalue weighted by atomic mass is 10.0. The van der Waals surface area contributed by atoms with Gasteiger partial charge in [0.25, 0.3) is 5.91 Å². The molecule has 0 aliphatic carbocycles. The van der Waals surface area contributed by atoms with Gasteiger partial charge >= 0.3 is 12.2 Å². The summed E-state index contributed by atoms with van der Waals surface area (Å²) in [5.41, 5.74) is 0.523. The highest BCUT2D eigenvalue weighted by atomic mass is 32.2. The molecular weight excluding hydrogens is 701 g/mol. The Morgan fingerprint density at radius 3 is 2.29 bits per heavy atom. The maximum Gasteiger partial charge on any atom is 0.416 e. The van der Waals surface area contributed by atoms with Crippen molar-refractivity contribution < 1.29 is 45.8 Å². The average molecular weight is 749 g/mol. The van der Waals surface area contributed by atoms with Crippen molar-refractivity contribution in [1.82, 2.24) is 9.21 Å². The SMILES string of the molecule is Cc1ccc(S(=O)(=O)N(C)C[C@H]2OCCCC[C@H](C)Oc3ccc(NC(=O)Nc4ccc(C(F)(F)F)cc4)cc3C(=O)N([C@H](C)CO)C[C@H]2C)cc1. The van der Waals surface area contributed by atoms with Gasteiger partial charge in [-0.1, -0.05) is 24.6 Å². The lowest BCUT2D eigenvalue weighted by molar-refractivity contribution is -0.137. The average Bonchev–Trinajstić information content (AvgIpc) is 3.09. The molecule has 0 unspecified atom stereocenters. The van der Waals surface area contributed by atoms with E-state index in [0.717, 1.165) is 36.2 Å². The normalized spacial score (nSPS) is 20.0. The highest BCUT2D eigenvalue weighted by Crippen LogP contribution is 2.31. The molecule has 0 spiro atoms. The van der Waals surface area contributed by atoms with E-state index < -0.39 is 51.8 Å². The molecule has 52 heavy (non-hydrogen) atoms. The van der Waals surface area contributed by atoms with Crippen LogP contribution in [0, 0.1) is 12.8 Å². The molecule has 1 aliphatic rings. The van der Waals surface area contributed by atoms with Gasteiger partial charge in [0.05, 0.1) is 40.9 Å². The van der Waals surface area contributed by atoms with Crippen molar-refractivity contribution in [3.8, 4) is 5.75 Å². The number of carbonyl (C=O) groups is 2. The number of aliphatic hydroxyl groups excluding tert-OH is 1. The zero-order valence-corrected chi connectivity index (χ0v) is 30.8. The Balaban J connectivity index is 1.60. The monoisotopic (exact) mass is 748 g/mol. The topological polar surface area (TPSA) is 138 Å². The number of nitrogens with zero attached hydrogens (tertiary/aromatic N) is 2. The fraction of sp³-hybridized carbons (Fsp3) is 0.459. The van der Waals surface area contributed by atoms with Crippen molar-refractivity contribution in [1.29, 1.82) is 0 Å². The fourth-order valence-corrected chi connectivity index (χ4v) is 6.92. The van der Waals surface area contributed by atoms with E-state index in [-0.39, 0.29) is 53.4 Å². The first kappa shape index (κ1) is 40.6. The molecule has 15 heteroatoms. The van der Waals surface area contributed by atoms with Crippen molar-refractivity contribution in [2.75, 3.05) is 44.0 Å². The molecule has 3 aromatic rings. The number of halogens is 3. The number of sulfonamides is 1. The van der Waals surface area contributed by atoms with E-state index in [2.05, 4.69) is 10.6 Å². The predicted molar refractivity (Wildman–Crippen MR) is 192 cm³/mol. The van der Waals surface area contributed by atoms with Crippen LogP contribution in [0.2, 0.25) is 0 Å². The molecule has 0 fully saturated rings. The quantitative estimate of drug-likeness (QED) is 0.231. The Morgan fingerprint density at radius 1 is 1.02 bits per heavy atom. The zero-order chi connectivity index (χ0) is 38.2. The first-order valence-electron chi connectivity index (χ1n) is 17.1. The van der Waals surface area contributed by atoms with E-state index in [4.69, 9.17) is 9.47 Å². The van der Waals surface area contributed by atoms with Crippen LogP contribution in [0.5, 0.6) is 5.75 Å². The lowest BCUT2D eigenvalue weighted by Crippen LogP contribution is -2.48. The predicted octanol–water partition coefficient (Wildman–Crippen LogP) is 6.77. The standard InChI is InChI=1S/C37H47F3N4O7S/c1-24-9-16-31(17-10-24)52(48,49)43(5)22-34-25(2)21-44(26(3)23-45)35(46)32-20-30(15-18-33(32)51-27(4)8-6-7-19-50-34)42-36(47)41-29-13-11-28(12-14-29)37(38,39)40/h9-18,20,25-27,34,45H,6-8,19,21-23H2,1-5H3,(H2,41,42,47)/t25-,26-,27+,34-/m1/s1. The van der Waals surface area contributed by atoms with Gasteiger partial charge in [-0.3, -0.25) is 4.79 Å². The maximum atomic E-state index is 14.4. The first-order chi connectivity index (χ1) is 24.5. The summed E-state index contributed by atoms with van der Waals surface area (Å²) in [6.07, 6.45) is -3.38. The first-order valence-corrected chi connectivity index (χ1v) is 18.6. The number of hydrogen-bond acceptors (Lipinski definition) is 7. The van der Waals surface area contributed by atoms with Gasteiger partial charge in [0, 0.05) is 44.0 Å². The second-order valence-corrected chi connectivity index (χ2v) is 15.3. The van der Waals surface area contributed by atoms with Crippen LogP contribution in [0.25, 0.3) is 0 Å². The minimum atomic E-state index is -4.52. The van der Waals surface area contributed by atoms with Gasteiger partial charge in [0.2, 0.25) is 10.0 Å². The zero-order valence-electron chi connectivity index (χ0n) is 29.9. The van der Waals surface area contributed by atoms with Crippen LogP contribution in [0.3, 0.4) is 0 Å². The third-order valence-corrected chi connectivity index (χ3v) is 10.8. The van der Waals surface area contributed by atoms with E-state index >= 15 is 0 Å². The molecule has 4 rings (SSSR count). The van der Waals surface area contributed by atoms with Crippen LogP contribution < -0.4 is 15.4 Å². The van der Waals surface area contributed by atoms with Gasteiger partial charge in [-0.2, -0.15) is 17.5 Å². The summed E-state index contributed by atoms with van der Waals surface area (Å²) in [4.78, 5) is 28.8. The van der Waals surface area contributed by atoms with Crippen LogP contribution in [-0.4, -0.2) is 86.3 Å². The molecule has 3 amide bonds. The Labute approximate surface area is 303 Å². The smallest absolute Gasteiger partial charge is 0.416 e. The van der Waals surface area contributed by atoms with E-state index in [1.165, 1.54) is 22.3 Å². The van der Waals surface area contributed by atoms with Gasteiger partial charge in [0.1, 0.15) is 5.75 Å². The summed E-state index contributed by atoms with van der Waals surface area (Å²) in [5, 5.41) is 15.3. The van der Waals surface area contributed by atoms with Crippen LogP contribution in [0.4, 0.5) is 29.3 Å². The number of rotatable bonds is 8. The Hall–Kier alpha value is -4.18. The number of nitrogens with one attached hydrogen (secondary N) is 2. The molecule has 0 saturated carbocycles. The van der Waals surface area contributed by atoms with E-state index in [1.807, 2.05) is 20.8 Å². The van der Waals surface area contributed by atoms with Crippen molar-refractivity contribution in [3.05, 3.63) is 83.4 Å². The van der Waals surface area contributed by atoms with Crippen molar-refractivity contribution in [2.24, 2.45) is 5.92 Å². The number of fused-ring (bicyclic) bond motifs is 1. The number of benzene rings is 3. The molecule has 4 atom stereocenters. The Morgan fingerprint density at radius 2 is 1.65 bits per heavy atom. The number of hydrogen-bond donors (Lipinski definition) is 3. The van der Waals surface area contributed by atoms with Gasteiger partial charge in [-0.05, 0) is 94.6 Å². The van der Waals surface area contributed by atoms with Gasteiger partial charge in [-0.15, -0.1) is 0 Å². The molecule has 284 valence electrons. The van der Waals surface area contributed by atoms with Crippen LogP contribution in [0.1, 0.15) is 61.5 Å². The number of anilines is 2.